The molecule has 2 rings (SSSR count). The lowest BCUT2D eigenvalue weighted by Gasteiger charge is -2.21. The number of rotatable bonds is 6. The van der Waals surface area contributed by atoms with E-state index < -0.39 is 0 Å². The number of hydrogen-bond donors (Lipinski definition) is 2. The van der Waals surface area contributed by atoms with E-state index >= 15 is 0 Å². The normalized spacial score (nSPS) is 19.7. The van der Waals surface area contributed by atoms with Crippen LogP contribution in [-0.2, 0) is 9.53 Å². The van der Waals surface area contributed by atoms with Gasteiger partial charge in [-0.15, -0.1) is 0 Å². The van der Waals surface area contributed by atoms with Crippen LogP contribution < -0.4 is 10.6 Å². The van der Waals surface area contributed by atoms with Crippen molar-refractivity contribution in [2.75, 3.05) is 39.8 Å². The van der Waals surface area contributed by atoms with Gasteiger partial charge in [-0.3, -0.25) is 14.6 Å². The SMILES string of the molecule is CCNC(=NCCNC(=O)c1cccc(Br)c1)N1CC(C)C(C(=O)OC)C1. The minimum atomic E-state index is -0.179. The number of methoxy groups -OCH3 is 1. The molecule has 1 saturated heterocycles. The number of carbonyl (C=O) groups excluding carboxylic acids is 2. The van der Waals surface area contributed by atoms with Gasteiger partial charge < -0.3 is 20.3 Å². The number of benzene rings is 1. The molecule has 0 bridgehead atoms. The molecule has 2 unspecified atom stereocenters. The highest BCUT2D eigenvalue weighted by Gasteiger charge is 2.36. The maximum Gasteiger partial charge on any atom is 0.310 e. The molecule has 8 heteroatoms. The van der Waals surface area contributed by atoms with Crippen molar-refractivity contribution in [3.05, 3.63) is 34.3 Å². The van der Waals surface area contributed by atoms with Gasteiger partial charge >= 0.3 is 5.97 Å². The fourth-order valence-corrected chi connectivity index (χ4v) is 3.49. The van der Waals surface area contributed by atoms with Crippen LogP contribution in [0, 0.1) is 11.8 Å². The molecule has 7 nitrogen and oxygen atoms in total. The van der Waals surface area contributed by atoms with Crippen molar-refractivity contribution in [2.24, 2.45) is 16.8 Å². The highest BCUT2D eigenvalue weighted by atomic mass is 79.9. The molecule has 0 saturated carbocycles. The first-order valence-electron chi connectivity index (χ1n) is 9.11. The molecule has 0 radical (unpaired) electrons. The molecule has 148 valence electrons. The summed E-state index contributed by atoms with van der Waals surface area (Å²) < 4.78 is 5.76. The Kier molecular flexibility index (Phi) is 8.09. The second-order valence-corrected chi connectivity index (χ2v) is 7.43. The molecule has 1 aliphatic rings. The number of amides is 1. The highest BCUT2D eigenvalue weighted by Crippen LogP contribution is 2.24. The zero-order valence-electron chi connectivity index (χ0n) is 16.0. The fourth-order valence-electron chi connectivity index (χ4n) is 3.09. The Morgan fingerprint density at radius 2 is 2.11 bits per heavy atom. The molecule has 0 aromatic heterocycles. The Bertz CT molecular complexity index is 695. The molecule has 1 aromatic rings. The number of likely N-dealkylation sites (tertiary alicyclic amines) is 1. The van der Waals surface area contributed by atoms with Gasteiger partial charge in [0.05, 0.1) is 19.6 Å². The highest BCUT2D eigenvalue weighted by molar-refractivity contribution is 9.10. The van der Waals surface area contributed by atoms with E-state index in [1.807, 2.05) is 26.0 Å². The van der Waals surface area contributed by atoms with E-state index in [4.69, 9.17) is 4.74 Å². The molecule has 0 spiro atoms. The van der Waals surface area contributed by atoms with Crippen LogP contribution in [0.3, 0.4) is 0 Å². The number of guanidine groups is 1. The molecule has 1 amide bonds. The molecule has 27 heavy (non-hydrogen) atoms. The van der Waals surface area contributed by atoms with Crippen molar-refractivity contribution < 1.29 is 14.3 Å². The first-order valence-corrected chi connectivity index (χ1v) is 9.90. The van der Waals surface area contributed by atoms with E-state index in [0.717, 1.165) is 23.5 Å². The van der Waals surface area contributed by atoms with Crippen LogP contribution in [0.25, 0.3) is 0 Å². The number of hydrogen-bond acceptors (Lipinski definition) is 4. The van der Waals surface area contributed by atoms with E-state index in [2.05, 4.69) is 36.5 Å². The van der Waals surface area contributed by atoms with Crippen LogP contribution in [-0.4, -0.2) is 62.6 Å². The van der Waals surface area contributed by atoms with Crippen LogP contribution in [0.5, 0.6) is 0 Å². The van der Waals surface area contributed by atoms with Gasteiger partial charge in [0, 0.05) is 36.2 Å². The second kappa shape index (κ2) is 10.3. The van der Waals surface area contributed by atoms with Crippen LogP contribution in [0.1, 0.15) is 24.2 Å². The van der Waals surface area contributed by atoms with Gasteiger partial charge in [-0.05, 0) is 31.0 Å². The average molecular weight is 439 g/mol. The summed E-state index contributed by atoms with van der Waals surface area (Å²) in [6.07, 6.45) is 0. The summed E-state index contributed by atoms with van der Waals surface area (Å²) in [6, 6.07) is 7.25. The molecule has 1 fully saturated rings. The Balaban J connectivity index is 1.90. The summed E-state index contributed by atoms with van der Waals surface area (Å²) in [6.45, 7) is 7.00. The van der Waals surface area contributed by atoms with Crippen molar-refractivity contribution in [3.8, 4) is 0 Å². The quantitative estimate of drug-likeness (QED) is 0.306. The molecule has 1 aliphatic heterocycles. The van der Waals surface area contributed by atoms with E-state index in [1.165, 1.54) is 7.11 Å². The largest absolute Gasteiger partial charge is 0.469 e. The Morgan fingerprint density at radius 3 is 2.78 bits per heavy atom. The number of nitrogens with zero attached hydrogens (tertiary/aromatic N) is 2. The van der Waals surface area contributed by atoms with Crippen LogP contribution in [0.15, 0.2) is 33.7 Å². The molecular formula is C19H27BrN4O3. The molecule has 0 aliphatic carbocycles. The summed E-state index contributed by atoms with van der Waals surface area (Å²) in [5, 5.41) is 6.13. The van der Waals surface area contributed by atoms with Gasteiger partial charge in [-0.2, -0.15) is 0 Å². The summed E-state index contributed by atoms with van der Waals surface area (Å²) in [7, 11) is 1.42. The smallest absolute Gasteiger partial charge is 0.310 e. The maximum atomic E-state index is 12.2. The first-order chi connectivity index (χ1) is 13.0. The number of ether oxygens (including phenoxy) is 1. The van der Waals surface area contributed by atoms with Crippen molar-refractivity contribution in [2.45, 2.75) is 13.8 Å². The lowest BCUT2D eigenvalue weighted by atomic mass is 9.99. The van der Waals surface area contributed by atoms with Gasteiger partial charge in [-0.1, -0.05) is 28.9 Å². The molecule has 2 atom stereocenters. The predicted molar refractivity (Wildman–Crippen MR) is 109 cm³/mol. The van der Waals surface area contributed by atoms with E-state index in [-0.39, 0.29) is 23.7 Å². The monoisotopic (exact) mass is 438 g/mol. The average Bonchev–Trinajstić information content (AvgIpc) is 3.05. The summed E-state index contributed by atoms with van der Waals surface area (Å²) in [5.41, 5.74) is 0.606. The molecule has 1 heterocycles. The number of halogens is 1. The lowest BCUT2D eigenvalue weighted by Crippen LogP contribution is -2.41. The minimum absolute atomic E-state index is 0.128. The Morgan fingerprint density at radius 1 is 1.33 bits per heavy atom. The fraction of sp³-hybridized carbons (Fsp3) is 0.526. The first kappa shape index (κ1) is 21.2. The van der Waals surface area contributed by atoms with Gasteiger partial charge in [0.1, 0.15) is 0 Å². The topological polar surface area (TPSA) is 83.0 Å². The van der Waals surface area contributed by atoms with Crippen LogP contribution in [0.2, 0.25) is 0 Å². The zero-order valence-corrected chi connectivity index (χ0v) is 17.6. The third-order valence-electron chi connectivity index (χ3n) is 4.50. The third kappa shape index (κ3) is 5.95. The van der Waals surface area contributed by atoms with Gasteiger partial charge in [0.25, 0.3) is 5.91 Å². The summed E-state index contributed by atoms with van der Waals surface area (Å²) >= 11 is 3.36. The van der Waals surface area contributed by atoms with E-state index in [0.29, 0.717) is 25.2 Å². The van der Waals surface area contributed by atoms with Crippen molar-refractivity contribution in [1.29, 1.82) is 0 Å². The van der Waals surface area contributed by atoms with Crippen molar-refractivity contribution in [1.82, 2.24) is 15.5 Å². The summed E-state index contributed by atoms with van der Waals surface area (Å²) in [5.74, 6) is 0.513. The van der Waals surface area contributed by atoms with Gasteiger partial charge in [-0.25, -0.2) is 0 Å². The van der Waals surface area contributed by atoms with Gasteiger partial charge in [0.2, 0.25) is 0 Å². The number of esters is 1. The van der Waals surface area contributed by atoms with Crippen LogP contribution in [0.4, 0.5) is 0 Å². The maximum absolute atomic E-state index is 12.2. The van der Waals surface area contributed by atoms with Crippen molar-refractivity contribution in [3.63, 3.8) is 0 Å². The Hall–Kier alpha value is -2.09. The number of carbonyl (C=O) groups is 2. The number of aliphatic imine (C=N–C) groups is 1. The Labute approximate surface area is 168 Å². The van der Waals surface area contributed by atoms with Crippen molar-refractivity contribution >= 4 is 33.8 Å². The zero-order chi connectivity index (χ0) is 19.8. The standard InChI is InChI=1S/C19H27BrN4O3/c1-4-21-19(24-11-13(2)16(12-24)18(26)27-3)23-9-8-22-17(25)14-6-5-7-15(20)10-14/h5-7,10,13,16H,4,8-9,11-12H2,1-3H3,(H,21,23)(H,22,25). The number of nitrogens with one attached hydrogen (secondary N) is 2. The van der Waals surface area contributed by atoms with Gasteiger partial charge in [0.15, 0.2) is 5.96 Å². The molecular weight excluding hydrogens is 412 g/mol. The van der Waals surface area contributed by atoms with E-state index in [9.17, 15) is 9.59 Å². The molecule has 2 N–H and O–H groups in total. The molecule has 1 aromatic carbocycles. The van der Waals surface area contributed by atoms with E-state index in [1.54, 1.807) is 12.1 Å². The minimum Gasteiger partial charge on any atom is -0.469 e. The lowest BCUT2D eigenvalue weighted by molar-refractivity contribution is -0.145. The third-order valence-corrected chi connectivity index (χ3v) is 4.99. The van der Waals surface area contributed by atoms with Crippen LogP contribution >= 0.6 is 15.9 Å². The summed E-state index contributed by atoms with van der Waals surface area (Å²) in [4.78, 5) is 30.7. The predicted octanol–water partition coefficient (Wildman–Crippen LogP) is 1.89. The second-order valence-electron chi connectivity index (χ2n) is 6.51.